The number of amides is 1. The van der Waals surface area contributed by atoms with Crippen molar-refractivity contribution in [3.05, 3.63) is 66.5 Å². The topological polar surface area (TPSA) is 57.5 Å². The number of hydrogen-bond acceptors (Lipinski definition) is 5. The Morgan fingerprint density at radius 1 is 0.900 bits per heavy atom. The Hall–Kier alpha value is -3.35. The molecule has 30 heavy (non-hydrogen) atoms. The van der Waals surface area contributed by atoms with Gasteiger partial charge < -0.3 is 19.3 Å². The van der Waals surface area contributed by atoms with E-state index in [4.69, 9.17) is 0 Å². The summed E-state index contributed by atoms with van der Waals surface area (Å²) in [6.07, 6.45) is 3.99. The Kier molecular flexibility index (Phi) is 5.97. The van der Waals surface area contributed by atoms with E-state index in [1.54, 1.807) is 0 Å². The van der Waals surface area contributed by atoms with Crippen LogP contribution in [-0.2, 0) is 0 Å². The van der Waals surface area contributed by atoms with E-state index in [9.17, 15) is 4.79 Å². The van der Waals surface area contributed by atoms with Gasteiger partial charge in [0.2, 0.25) is 0 Å². The quantitative estimate of drug-likeness (QED) is 0.632. The first-order chi connectivity index (χ1) is 14.7. The van der Waals surface area contributed by atoms with Crippen molar-refractivity contribution in [2.24, 2.45) is 0 Å². The first-order valence-electron chi connectivity index (χ1n) is 10.6. The standard InChI is InChI=1S/C23H28N6O/c1-3-26(4-2)21-11-12-22(25-24-21)28-15-17-29(18-16-28)23(30)19-7-9-20(10-8-19)27-13-5-6-14-27/h5-14H,3-4,15-18H2,1-2H3. The Balaban J connectivity index is 1.35. The van der Waals surface area contributed by atoms with Gasteiger partial charge in [0.1, 0.15) is 0 Å². The van der Waals surface area contributed by atoms with Gasteiger partial charge >= 0.3 is 0 Å². The fourth-order valence-corrected chi connectivity index (χ4v) is 3.81. The number of benzene rings is 1. The molecule has 0 aliphatic carbocycles. The molecule has 7 nitrogen and oxygen atoms in total. The molecule has 1 saturated heterocycles. The van der Waals surface area contributed by atoms with Crippen molar-refractivity contribution < 1.29 is 4.79 Å². The summed E-state index contributed by atoms with van der Waals surface area (Å²) >= 11 is 0. The molecule has 1 amide bonds. The first kappa shape index (κ1) is 19.9. The van der Waals surface area contributed by atoms with Crippen LogP contribution in [0, 0.1) is 0 Å². The third-order valence-electron chi connectivity index (χ3n) is 5.63. The van der Waals surface area contributed by atoms with E-state index in [0.29, 0.717) is 13.1 Å². The Morgan fingerprint density at radius 3 is 2.13 bits per heavy atom. The van der Waals surface area contributed by atoms with E-state index in [1.807, 2.05) is 70.4 Å². The van der Waals surface area contributed by atoms with Crippen LogP contribution < -0.4 is 9.80 Å². The number of rotatable bonds is 6. The number of piperazine rings is 1. The summed E-state index contributed by atoms with van der Waals surface area (Å²) in [5.74, 6) is 1.85. The molecular weight excluding hydrogens is 376 g/mol. The van der Waals surface area contributed by atoms with Gasteiger partial charge in [0.15, 0.2) is 11.6 Å². The van der Waals surface area contributed by atoms with Gasteiger partial charge in [-0.2, -0.15) is 0 Å². The molecule has 0 atom stereocenters. The van der Waals surface area contributed by atoms with E-state index in [2.05, 4.69) is 33.8 Å². The highest BCUT2D eigenvalue weighted by Crippen LogP contribution is 2.18. The predicted octanol–water partition coefficient (Wildman–Crippen LogP) is 3.08. The zero-order valence-electron chi connectivity index (χ0n) is 17.6. The summed E-state index contributed by atoms with van der Waals surface area (Å²) in [5.41, 5.74) is 1.77. The van der Waals surface area contributed by atoms with Crippen LogP contribution in [0.25, 0.3) is 5.69 Å². The molecule has 0 saturated carbocycles. The Bertz CT molecular complexity index is 940. The number of anilines is 2. The maximum Gasteiger partial charge on any atom is 0.253 e. The van der Waals surface area contributed by atoms with Crippen LogP contribution >= 0.6 is 0 Å². The highest BCUT2D eigenvalue weighted by Gasteiger charge is 2.23. The van der Waals surface area contributed by atoms with E-state index < -0.39 is 0 Å². The maximum absolute atomic E-state index is 12.9. The molecule has 0 spiro atoms. The molecule has 0 bridgehead atoms. The van der Waals surface area contributed by atoms with Crippen LogP contribution in [0.2, 0.25) is 0 Å². The molecule has 156 valence electrons. The van der Waals surface area contributed by atoms with Crippen molar-refractivity contribution in [1.29, 1.82) is 0 Å². The minimum atomic E-state index is 0.0803. The van der Waals surface area contributed by atoms with Gasteiger partial charge in [-0.05, 0) is 62.4 Å². The van der Waals surface area contributed by atoms with E-state index in [0.717, 1.165) is 49.1 Å². The van der Waals surface area contributed by atoms with E-state index in [1.165, 1.54) is 0 Å². The SMILES string of the molecule is CCN(CC)c1ccc(N2CCN(C(=O)c3ccc(-n4cccc4)cc3)CC2)nn1. The van der Waals surface area contributed by atoms with Gasteiger partial charge in [-0.15, -0.1) is 10.2 Å². The summed E-state index contributed by atoms with van der Waals surface area (Å²) in [6.45, 7) is 8.93. The molecule has 0 radical (unpaired) electrons. The summed E-state index contributed by atoms with van der Waals surface area (Å²) in [4.78, 5) is 19.2. The van der Waals surface area contributed by atoms with Gasteiger partial charge in [-0.3, -0.25) is 4.79 Å². The molecule has 1 aliphatic rings. The Labute approximate surface area is 177 Å². The second kappa shape index (κ2) is 8.98. The number of carbonyl (C=O) groups is 1. The van der Waals surface area contributed by atoms with Gasteiger partial charge in [0.25, 0.3) is 5.91 Å². The Morgan fingerprint density at radius 2 is 1.57 bits per heavy atom. The zero-order chi connectivity index (χ0) is 20.9. The van der Waals surface area contributed by atoms with Crippen molar-refractivity contribution >= 4 is 17.5 Å². The van der Waals surface area contributed by atoms with Crippen molar-refractivity contribution in [2.75, 3.05) is 49.1 Å². The number of nitrogens with zero attached hydrogens (tertiary/aromatic N) is 6. The number of carbonyl (C=O) groups excluding carboxylic acids is 1. The molecule has 2 aromatic heterocycles. The van der Waals surface area contributed by atoms with Gasteiger partial charge in [0, 0.05) is 62.9 Å². The lowest BCUT2D eigenvalue weighted by molar-refractivity contribution is 0.0746. The highest BCUT2D eigenvalue weighted by molar-refractivity contribution is 5.94. The van der Waals surface area contributed by atoms with Crippen LogP contribution in [0.15, 0.2) is 60.9 Å². The fraction of sp³-hybridized carbons (Fsp3) is 0.348. The van der Waals surface area contributed by atoms with Crippen molar-refractivity contribution in [2.45, 2.75) is 13.8 Å². The van der Waals surface area contributed by atoms with Gasteiger partial charge in [0.05, 0.1) is 0 Å². The summed E-state index contributed by atoms with van der Waals surface area (Å²) in [7, 11) is 0. The molecule has 3 aromatic rings. The van der Waals surface area contributed by atoms with Gasteiger partial charge in [-0.25, -0.2) is 0 Å². The lowest BCUT2D eigenvalue weighted by Gasteiger charge is -2.35. The van der Waals surface area contributed by atoms with Crippen LogP contribution in [0.3, 0.4) is 0 Å². The normalized spacial score (nSPS) is 14.1. The van der Waals surface area contributed by atoms with Crippen LogP contribution in [0.4, 0.5) is 11.6 Å². The van der Waals surface area contributed by atoms with Crippen molar-refractivity contribution in [1.82, 2.24) is 19.7 Å². The van der Waals surface area contributed by atoms with Crippen LogP contribution in [0.5, 0.6) is 0 Å². The van der Waals surface area contributed by atoms with E-state index in [-0.39, 0.29) is 5.91 Å². The zero-order valence-corrected chi connectivity index (χ0v) is 17.6. The fourth-order valence-electron chi connectivity index (χ4n) is 3.81. The molecule has 1 aromatic carbocycles. The third kappa shape index (κ3) is 4.15. The molecule has 0 N–H and O–H groups in total. The monoisotopic (exact) mass is 404 g/mol. The smallest absolute Gasteiger partial charge is 0.253 e. The molecule has 4 rings (SSSR count). The summed E-state index contributed by atoms with van der Waals surface area (Å²) < 4.78 is 2.03. The number of hydrogen-bond donors (Lipinski definition) is 0. The lowest BCUT2D eigenvalue weighted by atomic mass is 10.1. The third-order valence-corrected chi connectivity index (χ3v) is 5.63. The van der Waals surface area contributed by atoms with Crippen LogP contribution in [-0.4, -0.2) is 64.8 Å². The van der Waals surface area contributed by atoms with Crippen LogP contribution in [0.1, 0.15) is 24.2 Å². The van der Waals surface area contributed by atoms with Crippen molar-refractivity contribution in [3.8, 4) is 5.69 Å². The molecule has 7 heteroatoms. The maximum atomic E-state index is 12.9. The molecule has 0 unspecified atom stereocenters. The summed E-state index contributed by atoms with van der Waals surface area (Å²) in [5, 5.41) is 8.79. The predicted molar refractivity (Wildman–Crippen MR) is 119 cm³/mol. The highest BCUT2D eigenvalue weighted by atomic mass is 16.2. The molecule has 3 heterocycles. The van der Waals surface area contributed by atoms with Crippen molar-refractivity contribution in [3.63, 3.8) is 0 Å². The molecule has 1 fully saturated rings. The largest absolute Gasteiger partial charge is 0.356 e. The van der Waals surface area contributed by atoms with E-state index >= 15 is 0 Å². The first-order valence-corrected chi connectivity index (χ1v) is 10.6. The minimum absolute atomic E-state index is 0.0803. The molecular formula is C23H28N6O. The second-order valence-corrected chi connectivity index (χ2v) is 7.34. The lowest BCUT2D eigenvalue weighted by Crippen LogP contribution is -2.49. The minimum Gasteiger partial charge on any atom is -0.356 e. The van der Waals surface area contributed by atoms with Gasteiger partial charge in [-0.1, -0.05) is 0 Å². The average molecular weight is 405 g/mol. The molecule has 1 aliphatic heterocycles. The summed E-state index contributed by atoms with van der Waals surface area (Å²) in [6, 6.07) is 15.8. The number of aromatic nitrogens is 3. The average Bonchev–Trinajstić information content (AvgIpc) is 3.35. The second-order valence-electron chi connectivity index (χ2n) is 7.34.